The Kier molecular flexibility index (Phi) is 4.34. The smallest absolute Gasteiger partial charge is 0.235 e. The van der Waals surface area contributed by atoms with E-state index in [0.29, 0.717) is 22.7 Å². The SMILES string of the molecule is Cc1cccc(CSCC(=O)Nc2ncnc3nc[nH]c23)c1. The fraction of sp³-hybridized carbons (Fsp3) is 0.200. The first-order chi connectivity index (χ1) is 10.7. The predicted molar refractivity (Wildman–Crippen MR) is 87.7 cm³/mol. The minimum Gasteiger partial charge on any atom is -0.340 e. The zero-order chi connectivity index (χ0) is 15.4. The average molecular weight is 313 g/mol. The topological polar surface area (TPSA) is 83.6 Å². The largest absolute Gasteiger partial charge is 0.340 e. The molecule has 0 radical (unpaired) electrons. The number of hydrogen-bond donors (Lipinski definition) is 2. The lowest BCUT2D eigenvalue weighted by Gasteiger charge is -2.05. The molecule has 0 atom stereocenters. The van der Waals surface area contributed by atoms with E-state index in [1.165, 1.54) is 23.8 Å². The second-order valence-corrected chi connectivity index (χ2v) is 5.84. The van der Waals surface area contributed by atoms with Crippen molar-refractivity contribution < 1.29 is 4.79 Å². The monoisotopic (exact) mass is 313 g/mol. The van der Waals surface area contributed by atoms with Gasteiger partial charge in [-0.15, -0.1) is 11.8 Å². The van der Waals surface area contributed by atoms with Gasteiger partial charge in [-0.25, -0.2) is 15.0 Å². The lowest BCUT2D eigenvalue weighted by molar-refractivity contribution is -0.113. The standard InChI is InChI=1S/C15H15N5OS/c1-10-3-2-4-11(5-10)6-22-7-12(21)20-15-13-14(17-8-16-13)18-9-19-15/h2-5,8-9H,6-7H2,1H3,(H2,16,17,18,19,20,21). The maximum atomic E-state index is 12.0. The van der Waals surface area contributed by atoms with Crippen LogP contribution in [-0.4, -0.2) is 31.6 Å². The Hall–Kier alpha value is -2.41. The molecule has 0 saturated heterocycles. The van der Waals surface area contributed by atoms with Crippen LogP contribution in [0.15, 0.2) is 36.9 Å². The molecule has 0 aliphatic rings. The van der Waals surface area contributed by atoms with Gasteiger partial charge in [0.05, 0.1) is 12.1 Å². The first-order valence-corrected chi connectivity index (χ1v) is 7.95. The Labute approximate surface area is 131 Å². The van der Waals surface area contributed by atoms with Gasteiger partial charge in [-0.3, -0.25) is 4.79 Å². The number of benzene rings is 1. The number of carbonyl (C=O) groups is 1. The molecule has 2 N–H and O–H groups in total. The van der Waals surface area contributed by atoms with Crippen molar-refractivity contribution in [1.82, 2.24) is 19.9 Å². The van der Waals surface area contributed by atoms with Crippen LogP contribution in [0.3, 0.4) is 0 Å². The number of nitrogens with zero attached hydrogens (tertiary/aromatic N) is 3. The molecule has 1 amide bonds. The number of carbonyl (C=O) groups excluding carboxylic acids is 1. The Morgan fingerprint density at radius 2 is 2.23 bits per heavy atom. The summed E-state index contributed by atoms with van der Waals surface area (Å²) < 4.78 is 0. The van der Waals surface area contributed by atoms with E-state index in [-0.39, 0.29) is 5.91 Å². The van der Waals surface area contributed by atoms with Crippen molar-refractivity contribution in [2.45, 2.75) is 12.7 Å². The van der Waals surface area contributed by atoms with Gasteiger partial charge >= 0.3 is 0 Å². The van der Waals surface area contributed by atoms with Crippen LogP contribution in [0.5, 0.6) is 0 Å². The van der Waals surface area contributed by atoms with Crippen molar-refractivity contribution in [3.63, 3.8) is 0 Å². The third kappa shape index (κ3) is 3.43. The Bertz CT molecular complexity index is 801. The van der Waals surface area contributed by atoms with Crippen LogP contribution in [0.2, 0.25) is 0 Å². The highest BCUT2D eigenvalue weighted by Crippen LogP contribution is 2.16. The number of imidazole rings is 1. The van der Waals surface area contributed by atoms with Gasteiger partial charge in [0.25, 0.3) is 0 Å². The number of aryl methyl sites for hydroxylation is 1. The first-order valence-electron chi connectivity index (χ1n) is 6.79. The molecule has 0 saturated carbocycles. The van der Waals surface area contributed by atoms with Crippen LogP contribution in [-0.2, 0) is 10.5 Å². The zero-order valence-corrected chi connectivity index (χ0v) is 12.9. The predicted octanol–water partition coefficient (Wildman–Crippen LogP) is 2.53. The van der Waals surface area contributed by atoms with Gasteiger partial charge < -0.3 is 10.3 Å². The Balaban J connectivity index is 1.55. The van der Waals surface area contributed by atoms with E-state index < -0.39 is 0 Å². The number of rotatable bonds is 5. The molecular weight excluding hydrogens is 298 g/mol. The molecule has 0 bridgehead atoms. The van der Waals surface area contributed by atoms with Crippen molar-refractivity contribution in [2.75, 3.05) is 11.1 Å². The van der Waals surface area contributed by atoms with Crippen LogP contribution in [0.4, 0.5) is 5.82 Å². The molecule has 3 aromatic rings. The number of H-pyrrole nitrogens is 1. The number of nitrogens with one attached hydrogen (secondary N) is 2. The number of thioether (sulfide) groups is 1. The summed E-state index contributed by atoms with van der Waals surface area (Å²) in [6.45, 7) is 2.06. The van der Waals surface area contributed by atoms with Gasteiger partial charge in [0.2, 0.25) is 5.91 Å². The van der Waals surface area contributed by atoms with Crippen molar-refractivity contribution >= 4 is 34.7 Å². The maximum absolute atomic E-state index is 12.0. The lowest BCUT2D eigenvalue weighted by Crippen LogP contribution is -2.15. The Morgan fingerprint density at radius 3 is 3.09 bits per heavy atom. The van der Waals surface area contributed by atoms with E-state index in [0.717, 1.165) is 5.75 Å². The molecule has 7 heteroatoms. The molecule has 6 nitrogen and oxygen atoms in total. The molecule has 2 heterocycles. The normalized spacial score (nSPS) is 10.8. The van der Waals surface area contributed by atoms with Gasteiger partial charge in [0.15, 0.2) is 11.5 Å². The second kappa shape index (κ2) is 6.57. The maximum Gasteiger partial charge on any atom is 0.235 e. The van der Waals surface area contributed by atoms with Gasteiger partial charge in [-0.05, 0) is 12.5 Å². The highest BCUT2D eigenvalue weighted by atomic mass is 32.2. The molecule has 0 aliphatic heterocycles. The number of anilines is 1. The third-order valence-electron chi connectivity index (χ3n) is 3.07. The summed E-state index contributed by atoms with van der Waals surface area (Å²) in [5, 5.41) is 2.79. The lowest BCUT2D eigenvalue weighted by atomic mass is 10.2. The van der Waals surface area contributed by atoms with E-state index in [1.54, 1.807) is 11.8 Å². The second-order valence-electron chi connectivity index (χ2n) is 4.85. The molecule has 0 unspecified atom stereocenters. The summed E-state index contributed by atoms with van der Waals surface area (Å²) in [7, 11) is 0. The highest BCUT2D eigenvalue weighted by Gasteiger charge is 2.09. The molecule has 0 fully saturated rings. The van der Waals surface area contributed by atoms with Crippen molar-refractivity contribution in [3.05, 3.63) is 48.0 Å². The van der Waals surface area contributed by atoms with Gasteiger partial charge in [-0.1, -0.05) is 29.8 Å². The van der Waals surface area contributed by atoms with Crippen LogP contribution < -0.4 is 5.32 Å². The summed E-state index contributed by atoms with van der Waals surface area (Å²) in [4.78, 5) is 27.0. The molecule has 2 aromatic heterocycles. The fourth-order valence-corrected chi connectivity index (χ4v) is 2.87. The summed E-state index contributed by atoms with van der Waals surface area (Å²) in [5.74, 6) is 1.54. The van der Waals surface area contributed by atoms with Crippen LogP contribution in [0, 0.1) is 6.92 Å². The van der Waals surface area contributed by atoms with Crippen molar-refractivity contribution in [2.24, 2.45) is 0 Å². The number of amides is 1. The van der Waals surface area contributed by atoms with Crippen molar-refractivity contribution in [1.29, 1.82) is 0 Å². The molecule has 112 valence electrons. The summed E-state index contributed by atoms with van der Waals surface area (Å²) in [6.07, 6.45) is 2.92. The van der Waals surface area contributed by atoms with Gasteiger partial charge in [0, 0.05) is 5.75 Å². The van der Waals surface area contributed by atoms with Crippen LogP contribution in [0.1, 0.15) is 11.1 Å². The van der Waals surface area contributed by atoms with Crippen molar-refractivity contribution in [3.8, 4) is 0 Å². The van der Waals surface area contributed by atoms with Gasteiger partial charge in [0.1, 0.15) is 11.8 Å². The summed E-state index contributed by atoms with van der Waals surface area (Å²) >= 11 is 1.57. The summed E-state index contributed by atoms with van der Waals surface area (Å²) in [5.41, 5.74) is 3.62. The zero-order valence-electron chi connectivity index (χ0n) is 12.0. The minimum atomic E-state index is -0.0905. The van der Waals surface area contributed by atoms with E-state index >= 15 is 0 Å². The van der Waals surface area contributed by atoms with E-state index in [2.05, 4.69) is 50.4 Å². The van der Waals surface area contributed by atoms with E-state index in [4.69, 9.17) is 0 Å². The molecular formula is C15H15N5OS. The molecule has 1 aromatic carbocycles. The number of hydrogen-bond acceptors (Lipinski definition) is 5. The molecule has 3 rings (SSSR count). The minimum absolute atomic E-state index is 0.0905. The molecule has 0 aliphatic carbocycles. The number of aromatic amines is 1. The fourth-order valence-electron chi connectivity index (χ4n) is 2.09. The quantitative estimate of drug-likeness (QED) is 0.756. The average Bonchev–Trinajstić information content (AvgIpc) is 2.97. The van der Waals surface area contributed by atoms with E-state index in [9.17, 15) is 4.79 Å². The Morgan fingerprint density at radius 1 is 1.32 bits per heavy atom. The third-order valence-corrected chi connectivity index (χ3v) is 4.07. The van der Waals surface area contributed by atoms with E-state index in [1.807, 2.05) is 6.07 Å². The molecule has 0 spiro atoms. The number of aromatic nitrogens is 4. The van der Waals surface area contributed by atoms with Crippen LogP contribution in [0.25, 0.3) is 11.2 Å². The van der Waals surface area contributed by atoms with Gasteiger partial charge in [-0.2, -0.15) is 0 Å². The number of fused-ring (bicyclic) bond motifs is 1. The highest BCUT2D eigenvalue weighted by molar-refractivity contribution is 7.99. The van der Waals surface area contributed by atoms with Crippen LogP contribution >= 0.6 is 11.8 Å². The molecule has 22 heavy (non-hydrogen) atoms. The first kappa shape index (κ1) is 14.5. The summed E-state index contributed by atoms with van der Waals surface area (Å²) in [6, 6.07) is 8.28.